The molecule has 1 atom stereocenters. The molecule has 0 saturated carbocycles. The van der Waals surface area contributed by atoms with E-state index in [0.717, 1.165) is 5.69 Å². The summed E-state index contributed by atoms with van der Waals surface area (Å²) in [4.78, 5) is 0. The summed E-state index contributed by atoms with van der Waals surface area (Å²) >= 11 is 4.13. The van der Waals surface area contributed by atoms with Gasteiger partial charge in [-0.05, 0) is 19.1 Å². The van der Waals surface area contributed by atoms with Gasteiger partial charge in [-0.1, -0.05) is 18.2 Å². The Morgan fingerprint density at radius 3 is 2.64 bits per heavy atom. The minimum Gasteiger partial charge on any atom is -0.353 e. The summed E-state index contributed by atoms with van der Waals surface area (Å²) in [6.45, 7) is 1.98. The zero-order valence-electron chi connectivity index (χ0n) is 8.12. The Bertz CT molecular complexity index is 287. The van der Waals surface area contributed by atoms with E-state index in [-0.39, 0.29) is 6.04 Å². The number of rotatable bonds is 3. The minimum atomic E-state index is 0.196. The van der Waals surface area contributed by atoms with Crippen LogP contribution in [-0.2, 0) is 0 Å². The highest BCUT2D eigenvalue weighted by atomic mass is 32.1. The Morgan fingerprint density at radius 2 is 2.07 bits per heavy atom. The molecule has 0 aliphatic heterocycles. The van der Waals surface area contributed by atoms with Gasteiger partial charge in [-0.15, -0.1) is 0 Å². The largest absolute Gasteiger partial charge is 0.353 e. The van der Waals surface area contributed by atoms with E-state index in [4.69, 9.17) is 5.41 Å². The van der Waals surface area contributed by atoms with Crippen molar-refractivity contribution in [2.45, 2.75) is 13.0 Å². The van der Waals surface area contributed by atoms with Crippen molar-refractivity contribution in [2.24, 2.45) is 0 Å². The molecule has 0 aliphatic carbocycles. The molecule has 1 aromatic rings. The molecule has 0 heterocycles. The molecule has 0 saturated heterocycles. The van der Waals surface area contributed by atoms with E-state index in [9.17, 15) is 0 Å². The average Bonchev–Trinajstić information content (AvgIpc) is 2.19. The average molecular weight is 209 g/mol. The highest BCUT2D eigenvalue weighted by molar-refractivity contribution is 7.80. The fourth-order valence-electron chi connectivity index (χ4n) is 0.994. The maximum absolute atomic E-state index is 7.60. The lowest BCUT2D eigenvalue weighted by Crippen LogP contribution is -2.37. The van der Waals surface area contributed by atoms with Crippen LogP contribution in [0.15, 0.2) is 30.3 Å². The molecular formula is C10H15N3S. The van der Waals surface area contributed by atoms with Crippen LogP contribution in [0.5, 0.6) is 0 Å². The summed E-state index contributed by atoms with van der Waals surface area (Å²) in [5.74, 6) is 1.01. The summed E-state index contributed by atoms with van der Waals surface area (Å²) in [6, 6.07) is 9.83. The van der Waals surface area contributed by atoms with Gasteiger partial charge in [0.1, 0.15) is 0 Å². The quantitative estimate of drug-likeness (QED) is 0.349. The minimum absolute atomic E-state index is 0.196. The maximum Gasteiger partial charge on any atom is 0.193 e. The standard InChI is InChI=1S/C10H15N3S/c1-8(7-14)12-10(11)13-9-5-3-2-4-6-9/h2-6,8,14H,7H2,1H3,(H3,11,12,13). The molecule has 0 bridgehead atoms. The second-order valence-corrected chi connectivity index (χ2v) is 3.46. The van der Waals surface area contributed by atoms with Crippen LogP contribution < -0.4 is 10.6 Å². The summed E-state index contributed by atoms with van der Waals surface area (Å²) in [5.41, 5.74) is 0.913. The van der Waals surface area contributed by atoms with Crippen LogP contribution in [0.4, 0.5) is 5.69 Å². The number of hydrogen-bond donors (Lipinski definition) is 4. The SMILES string of the molecule is CC(CS)NC(=N)Nc1ccccc1. The summed E-state index contributed by atoms with van der Waals surface area (Å²) < 4.78 is 0. The van der Waals surface area contributed by atoms with Gasteiger partial charge in [0.15, 0.2) is 5.96 Å². The van der Waals surface area contributed by atoms with E-state index in [1.54, 1.807) is 0 Å². The number of benzene rings is 1. The zero-order valence-corrected chi connectivity index (χ0v) is 9.01. The lowest BCUT2D eigenvalue weighted by Gasteiger charge is -2.14. The molecule has 0 aromatic heterocycles. The van der Waals surface area contributed by atoms with Crippen molar-refractivity contribution in [3.05, 3.63) is 30.3 Å². The predicted octanol–water partition coefficient (Wildman–Crippen LogP) is 1.94. The first-order valence-electron chi connectivity index (χ1n) is 4.50. The van der Waals surface area contributed by atoms with Gasteiger partial charge in [-0.3, -0.25) is 5.41 Å². The van der Waals surface area contributed by atoms with Crippen molar-refractivity contribution in [1.29, 1.82) is 5.41 Å². The first-order chi connectivity index (χ1) is 6.72. The van der Waals surface area contributed by atoms with Gasteiger partial charge >= 0.3 is 0 Å². The predicted molar refractivity (Wildman–Crippen MR) is 64.2 cm³/mol. The lowest BCUT2D eigenvalue weighted by molar-refractivity contribution is 0.741. The van der Waals surface area contributed by atoms with Gasteiger partial charge in [0.25, 0.3) is 0 Å². The third-order valence-corrected chi connectivity index (χ3v) is 2.26. The topological polar surface area (TPSA) is 47.9 Å². The number of para-hydroxylation sites is 1. The van der Waals surface area contributed by atoms with Gasteiger partial charge < -0.3 is 10.6 Å². The lowest BCUT2D eigenvalue weighted by atomic mass is 10.3. The van der Waals surface area contributed by atoms with Crippen molar-refractivity contribution in [3.63, 3.8) is 0 Å². The fraction of sp³-hybridized carbons (Fsp3) is 0.300. The van der Waals surface area contributed by atoms with Crippen molar-refractivity contribution in [3.8, 4) is 0 Å². The highest BCUT2D eigenvalue weighted by Gasteiger charge is 2.01. The first-order valence-corrected chi connectivity index (χ1v) is 5.13. The van der Waals surface area contributed by atoms with E-state index >= 15 is 0 Å². The van der Waals surface area contributed by atoms with Gasteiger partial charge in [0.05, 0.1) is 0 Å². The molecule has 1 unspecified atom stereocenters. The Hall–Kier alpha value is -1.16. The van der Waals surface area contributed by atoms with Crippen molar-refractivity contribution in [2.75, 3.05) is 11.1 Å². The van der Waals surface area contributed by atoms with Gasteiger partial charge in [0, 0.05) is 17.5 Å². The Balaban J connectivity index is 2.42. The van der Waals surface area contributed by atoms with Crippen molar-refractivity contribution >= 4 is 24.3 Å². The molecule has 3 N–H and O–H groups in total. The second-order valence-electron chi connectivity index (χ2n) is 3.09. The molecule has 1 aromatic carbocycles. The number of anilines is 1. The van der Waals surface area contributed by atoms with E-state index in [1.165, 1.54) is 0 Å². The molecule has 76 valence electrons. The van der Waals surface area contributed by atoms with Crippen LogP contribution in [0.2, 0.25) is 0 Å². The smallest absolute Gasteiger partial charge is 0.193 e. The third kappa shape index (κ3) is 3.70. The van der Waals surface area contributed by atoms with Crippen LogP contribution in [0.3, 0.4) is 0 Å². The Morgan fingerprint density at radius 1 is 1.43 bits per heavy atom. The Kier molecular flexibility index (Phi) is 4.32. The first kappa shape index (κ1) is 10.9. The summed E-state index contributed by atoms with van der Waals surface area (Å²) in [6.07, 6.45) is 0. The molecule has 0 amide bonds. The van der Waals surface area contributed by atoms with Crippen LogP contribution in [-0.4, -0.2) is 17.8 Å². The zero-order chi connectivity index (χ0) is 10.4. The molecule has 1 rings (SSSR count). The third-order valence-electron chi connectivity index (χ3n) is 1.71. The summed E-state index contributed by atoms with van der Waals surface area (Å²) in [7, 11) is 0. The number of hydrogen-bond acceptors (Lipinski definition) is 2. The molecule has 3 nitrogen and oxygen atoms in total. The molecule has 4 heteroatoms. The monoisotopic (exact) mass is 209 g/mol. The van der Waals surface area contributed by atoms with Crippen LogP contribution in [0.25, 0.3) is 0 Å². The molecule has 0 aliphatic rings. The number of thiol groups is 1. The van der Waals surface area contributed by atoms with Crippen LogP contribution in [0.1, 0.15) is 6.92 Å². The second kappa shape index (κ2) is 5.54. The van der Waals surface area contributed by atoms with Gasteiger partial charge in [-0.25, -0.2) is 0 Å². The molecule has 0 radical (unpaired) electrons. The number of nitrogens with one attached hydrogen (secondary N) is 3. The van der Waals surface area contributed by atoms with Crippen LogP contribution in [0, 0.1) is 5.41 Å². The van der Waals surface area contributed by atoms with Gasteiger partial charge in [0.2, 0.25) is 0 Å². The molecule has 0 fully saturated rings. The maximum atomic E-state index is 7.60. The molecule has 0 spiro atoms. The number of guanidine groups is 1. The van der Waals surface area contributed by atoms with E-state index in [1.807, 2.05) is 37.3 Å². The van der Waals surface area contributed by atoms with Crippen LogP contribution >= 0.6 is 12.6 Å². The fourth-order valence-corrected chi connectivity index (χ4v) is 1.09. The van der Waals surface area contributed by atoms with E-state index < -0.39 is 0 Å². The highest BCUT2D eigenvalue weighted by Crippen LogP contribution is 2.03. The molecular weight excluding hydrogens is 194 g/mol. The van der Waals surface area contributed by atoms with E-state index in [2.05, 4.69) is 23.3 Å². The normalized spacial score (nSPS) is 11.9. The van der Waals surface area contributed by atoms with E-state index in [0.29, 0.717) is 11.7 Å². The van der Waals surface area contributed by atoms with Crippen molar-refractivity contribution < 1.29 is 0 Å². The molecule has 14 heavy (non-hydrogen) atoms. The van der Waals surface area contributed by atoms with Gasteiger partial charge in [-0.2, -0.15) is 12.6 Å². The Labute approximate surface area is 89.8 Å². The van der Waals surface area contributed by atoms with Crippen molar-refractivity contribution in [1.82, 2.24) is 5.32 Å². The summed E-state index contributed by atoms with van der Waals surface area (Å²) in [5, 5.41) is 13.5.